The maximum Gasteiger partial charge on any atom is 0.313 e. The van der Waals surface area contributed by atoms with E-state index in [1.54, 1.807) is 7.11 Å². The molecule has 0 unspecified atom stereocenters. The van der Waals surface area contributed by atoms with Crippen molar-refractivity contribution in [2.24, 2.45) is 11.8 Å². The van der Waals surface area contributed by atoms with Crippen molar-refractivity contribution < 1.29 is 28.2 Å². The van der Waals surface area contributed by atoms with Crippen molar-refractivity contribution >= 4 is 14.3 Å². The lowest BCUT2D eigenvalue weighted by atomic mass is 9.84. The number of benzene rings is 1. The normalized spacial score (nSPS) is 23.0. The largest absolute Gasteiger partial charge is 0.494 e. The monoisotopic (exact) mass is 492 g/mol. The fraction of sp³-hybridized carbons (Fsp3) is 0.667. The minimum absolute atomic E-state index is 0.0163. The van der Waals surface area contributed by atoms with Crippen molar-refractivity contribution in [3.63, 3.8) is 0 Å². The SMILES string of the molecule is COC(=O)CC1=C[C@H](O[Si](C)(C)C(C)(C)C)[C@@H](C)[C@H]([C@H](C)[C@@H](COCc2ccccc2)OC)O1. The van der Waals surface area contributed by atoms with Crippen LogP contribution in [0.3, 0.4) is 0 Å². The Bertz CT molecular complexity index is 801. The van der Waals surface area contributed by atoms with Gasteiger partial charge in [0.1, 0.15) is 18.3 Å². The maximum absolute atomic E-state index is 12.0. The van der Waals surface area contributed by atoms with Crippen molar-refractivity contribution in [1.29, 1.82) is 0 Å². The van der Waals surface area contributed by atoms with Crippen molar-refractivity contribution in [2.45, 2.75) is 84.1 Å². The van der Waals surface area contributed by atoms with Crippen LogP contribution in [0.4, 0.5) is 0 Å². The summed E-state index contributed by atoms with van der Waals surface area (Å²) in [6, 6.07) is 10.1. The molecule has 0 radical (unpaired) electrons. The van der Waals surface area contributed by atoms with Crippen molar-refractivity contribution in [3.8, 4) is 0 Å². The van der Waals surface area contributed by atoms with Gasteiger partial charge in [0.2, 0.25) is 0 Å². The fourth-order valence-electron chi connectivity index (χ4n) is 3.92. The Morgan fingerprint density at radius 3 is 2.35 bits per heavy atom. The summed E-state index contributed by atoms with van der Waals surface area (Å²) >= 11 is 0. The van der Waals surface area contributed by atoms with Gasteiger partial charge in [0, 0.05) is 18.9 Å². The maximum atomic E-state index is 12.0. The Balaban J connectivity index is 2.18. The zero-order valence-corrected chi connectivity index (χ0v) is 23.4. The van der Waals surface area contributed by atoms with E-state index in [-0.39, 0.29) is 47.6 Å². The van der Waals surface area contributed by atoms with Crippen LogP contribution in [0.2, 0.25) is 18.1 Å². The summed E-state index contributed by atoms with van der Waals surface area (Å²) in [5, 5.41) is 0.0723. The standard InChI is InChI=1S/C27H44O6Si/c1-19-23(33-34(8,9)27(3,4)5)15-22(16-25(28)30-7)32-26(19)20(2)24(29-6)18-31-17-21-13-11-10-12-14-21/h10-15,19-20,23-24,26H,16-18H2,1-9H3/t19-,20-,23+,24-,26-/m1/s1. The van der Waals surface area contributed by atoms with Crippen molar-refractivity contribution in [1.82, 2.24) is 0 Å². The molecule has 0 N–H and O–H groups in total. The summed E-state index contributed by atoms with van der Waals surface area (Å²) in [5.74, 6) is 0.373. The summed E-state index contributed by atoms with van der Waals surface area (Å²) in [6.45, 7) is 16.4. The van der Waals surface area contributed by atoms with Crippen LogP contribution < -0.4 is 0 Å². The lowest BCUT2D eigenvalue weighted by Gasteiger charge is -2.45. The highest BCUT2D eigenvalue weighted by atomic mass is 28.4. The first-order chi connectivity index (χ1) is 15.9. The quantitative estimate of drug-likeness (QED) is 0.290. The second-order valence-corrected chi connectivity index (χ2v) is 15.6. The van der Waals surface area contributed by atoms with Gasteiger partial charge in [-0.3, -0.25) is 4.79 Å². The van der Waals surface area contributed by atoms with Crippen LogP contribution >= 0.6 is 0 Å². The van der Waals surface area contributed by atoms with E-state index in [9.17, 15) is 4.79 Å². The number of rotatable bonds is 11. The van der Waals surface area contributed by atoms with Crippen LogP contribution in [-0.4, -0.2) is 53.4 Å². The summed E-state index contributed by atoms with van der Waals surface area (Å²) in [5.41, 5.74) is 1.12. The molecule has 5 atom stereocenters. The van der Waals surface area contributed by atoms with Crippen molar-refractivity contribution in [3.05, 3.63) is 47.7 Å². The minimum atomic E-state index is -2.04. The molecule has 6 nitrogen and oxygen atoms in total. The van der Waals surface area contributed by atoms with E-state index >= 15 is 0 Å². The molecule has 0 fully saturated rings. The first-order valence-corrected chi connectivity index (χ1v) is 15.1. The average molecular weight is 493 g/mol. The van der Waals surface area contributed by atoms with Crippen LogP contribution in [-0.2, 0) is 34.8 Å². The highest BCUT2D eigenvalue weighted by molar-refractivity contribution is 6.74. The number of esters is 1. The van der Waals surface area contributed by atoms with Crippen molar-refractivity contribution in [2.75, 3.05) is 20.8 Å². The van der Waals surface area contributed by atoms with Gasteiger partial charge in [0.05, 0.1) is 32.5 Å². The Morgan fingerprint density at radius 2 is 1.79 bits per heavy atom. The molecule has 0 aliphatic carbocycles. The molecule has 192 valence electrons. The molecular formula is C27H44O6Si. The predicted octanol–water partition coefficient (Wildman–Crippen LogP) is 5.73. The topological polar surface area (TPSA) is 63.2 Å². The van der Waals surface area contributed by atoms with E-state index in [0.29, 0.717) is 19.0 Å². The first-order valence-electron chi connectivity index (χ1n) is 12.2. The number of carbonyl (C=O) groups is 1. The minimum Gasteiger partial charge on any atom is -0.494 e. The van der Waals surface area contributed by atoms with Gasteiger partial charge in [-0.2, -0.15) is 0 Å². The zero-order chi connectivity index (χ0) is 25.5. The second kappa shape index (κ2) is 12.3. The predicted molar refractivity (Wildman–Crippen MR) is 137 cm³/mol. The van der Waals surface area contributed by atoms with Crippen LogP contribution in [0.25, 0.3) is 0 Å². The third-order valence-corrected chi connectivity index (χ3v) is 11.7. The molecule has 0 saturated carbocycles. The number of carbonyl (C=O) groups excluding carboxylic acids is 1. The Morgan fingerprint density at radius 1 is 1.15 bits per heavy atom. The Hall–Kier alpha value is -1.67. The fourth-order valence-corrected chi connectivity index (χ4v) is 5.23. The van der Waals surface area contributed by atoms with Crippen LogP contribution in [0.1, 0.15) is 46.6 Å². The molecule has 1 heterocycles. The van der Waals surface area contributed by atoms with Gasteiger partial charge < -0.3 is 23.4 Å². The lowest BCUT2D eigenvalue weighted by molar-refractivity contribution is -0.142. The molecule has 0 spiro atoms. The number of hydrogen-bond acceptors (Lipinski definition) is 6. The average Bonchev–Trinajstić information content (AvgIpc) is 2.78. The van der Waals surface area contributed by atoms with E-state index in [1.807, 2.05) is 36.4 Å². The van der Waals surface area contributed by atoms with E-state index in [4.69, 9.17) is 23.4 Å². The molecule has 0 bridgehead atoms. The van der Waals surface area contributed by atoms with Gasteiger partial charge in [-0.1, -0.05) is 65.0 Å². The molecule has 34 heavy (non-hydrogen) atoms. The molecule has 0 aromatic heterocycles. The molecule has 1 aliphatic heterocycles. The molecule has 0 saturated heterocycles. The highest BCUT2D eigenvalue weighted by Crippen LogP contribution is 2.41. The van der Waals surface area contributed by atoms with E-state index in [2.05, 4.69) is 47.7 Å². The number of methoxy groups -OCH3 is 2. The molecular weight excluding hydrogens is 448 g/mol. The molecule has 1 aliphatic rings. The van der Waals surface area contributed by atoms with Gasteiger partial charge in [0.15, 0.2) is 8.32 Å². The first kappa shape index (κ1) is 28.6. The smallest absolute Gasteiger partial charge is 0.313 e. The van der Waals surface area contributed by atoms with Gasteiger partial charge in [-0.05, 0) is 29.8 Å². The van der Waals surface area contributed by atoms with E-state index < -0.39 is 8.32 Å². The summed E-state index contributed by atoms with van der Waals surface area (Å²) in [7, 11) is 1.05. The lowest BCUT2D eigenvalue weighted by Crippen LogP contribution is -2.50. The summed E-state index contributed by atoms with van der Waals surface area (Å²) < 4.78 is 29.9. The van der Waals surface area contributed by atoms with Crippen LogP contribution in [0, 0.1) is 11.8 Å². The van der Waals surface area contributed by atoms with Gasteiger partial charge >= 0.3 is 5.97 Å². The van der Waals surface area contributed by atoms with Gasteiger partial charge in [-0.25, -0.2) is 0 Å². The summed E-state index contributed by atoms with van der Waals surface area (Å²) in [6.07, 6.45) is 1.56. The molecule has 1 aromatic carbocycles. The molecule has 0 amide bonds. The Kier molecular flexibility index (Phi) is 10.4. The number of hydrogen-bond donors (Lipinski definition) is 0. The molecule has 7 heteroatoms. The highest BCUT2D eigenvalue weighted by Gasteiger charge is 2.44. The zero-order valence-electron chi connectivity index (χ0n) is 22.4. The Labute approximate surface area is 207 Å². The third kappa shape index (κ3) is 7.67. The van der Waals surface area contributed by atoms with Gasteiger partial charge in [-0.15, -0.1) is 0 Å². The molecule has 2 rings (SSSR count). The van der Waals surface area contributed by atoms with Crippen LogP contribution in [0.5, 0.6) is 0 Å². The third-order valence-electron chi connectivity index (χ3n) is 7.26. The summed E-state index contributed by atoms with van der Waals surface area (Å²) in [4.78, 5) is 12.0. The van der Waals surface area contributed by atoms with E-state index in [1.165, 1.54) is 7.11 Å². The molecule has 1 aromatic rings. The van der Waals surface area contributed by atoms with Gasteiger partial charge in [0.25, 0.3) is 0 Å². The van der Waals surface area contributed by atoms with E-state index in [0.717, 1.165) is 5.56 Å². The second-order valence-electron chi connectivity index (χ2n) is 10.8. The van der Waals surface area contributed by atoms with Crippen LogP contribution in [0.15, 0.2) is 42.2 Å². The number of ether oxygens (including phenoxy) is 4.